The number of rotatable bonds is 2. The van der Waals surface area contributed by atoms with Crippen LogP contribution in [0.2, 0.25) is 0 Å². The summed E-state index contributed by atoms with van der Waals surface area (Å²) in [6.07, 6.45) is 3.36. The maximum Gasteiger partial charge on any atom is 0.315 e. The van der Waals surface area contributed by atoms with Crippen LogP contribution in [0.3, 0.4) is 0 Å². The molecule has 70 valence electrons. The van der Waals surface area contributed by atoms with E-state index in [1.54, 1.807) is 6.33 Å². The van der Waals surface area contributed by atoms with E-state index in [9.17, 15) is 4.79 Å². The molecule has 1 aromatic heterocycles. The third-order valence-corrected chi connectivity index (χ3v) is 2.34. The topological polar surface area (TPSA) is 55.0 Å². The van der Waals surface area contributed by atoms with Crippen molar-refractivity contribution in [2.75, 3.05) is 6.61 Å². The quantitative estimate of drug-likeness (QED) is 0.691. The van der Waals surface area contributed by atoms with Gasteiger partial charge in [0.05, 0.1) is 18.6 Å². The Morgan fingerprint density at radius 3 is 3.46 bits per heavy atom. The van der Waals surface area contributed by atoms with Crippen molar-refractivity contribution in [1.29, 1.82) is 0 Å². The molecule has 0 fully saturated rings. The summed E-state index contributed by atoms with van der Waals surface area (Å²) in [5.41, 5.74) is 1.96. The molecule has 0 saturated heterocycles. The molecule has 0 aromatic carbocycles. The highest BCUT2D eigenvalue weighted by molar-refractivity contribution is 5.78. The minimum atomic E-state index is -0.145. The Kier molecular flexibility index (Phi) is 2.04. The van der Waals surface area contributed by atoms with Gasteiger partial charge in [-0.2, -0.15) is 0 Å². The first-order chi connectivity index (χ1) is 6.33. The normalized spacial score (nSPS) is 19.9. The number of aromatic nitrogens is 2. The van der Waals surface area contributed by atoms with Crippen LogP contribution in [0.15, 0.2) is 6.33 Å². The van der Waals surface area contributed by atoms with E-state index < -0.39 is 0 Å². The molecule has 4 heteroatoms. The molecule has 13 heavy (non-hydrogen) atoms. The zero-order valence-electron chi connectivity index (χ0n) is 7.54. The molecule has 1 aliphatic rings. The smallest absolute Gasteiger partial charge is 0.315 e. The van der Waals surface area contributed by atoms with Crippen molar-refractivity contribution in [3.05, 3.63) is 17.7 Å². The molecule has 0 radical (unpaired) electrons. The first-order valence-electron chi connectivity index (χ1n) is 4.51. The fourth-order valence-electron chi connectivity index (χ4n) is 1.73. The lowest BCUT2D eigenvalue weighted by atomic mass is 10.1. The highest BCUT2D eigenvalue weighted by atomic mass is 16.5. The van der Waals surface area contributed by atoms with Crippen molar-refractivity contribution < 1.29 is 9.53 Å². The monoisotopic (exact) mass is 180 g/mol. The van der Waals surface area contributed by atoms with Crippen LogP contribution < -0.4 is 0 Å². The van der Waals surface area contributed by atoms with Gasteiger partial charge in [0.2, 0.25) is 0 Å². The van der Waals surface area contributed by atoms with Gasteiger partial charge >= 0.3 is 5.97 Å². The molecular weight excluding hydrogens is 168 g/mol. The number of aromatic amines is 1. The van der Waals surface area contributed by atoms with Crippen LogP contribution in [-0.2, 0) is 16.0 Å². The number of hydrogen-bond donors (Lipinski definition) is 1. The van der Waals surface area contributed by atoms with E-state index in [4.69, 9.17) is 4.74 Å². The van der Waals surface area contributed by atoms with Crippen LogP contribution in [0, 0.1) is 0 Å². The summed E-state index contributed by atoms with van der Waals surface area (Å²) >= 11 is 0. The van der Waals surface area contributed by atoms with Crippen LogP contribution in [0.1, 0.15) is 30.7 Å². The number of fused-ring (bicyclic) bond motifs is 1. The second-order valence-corrected chi connectivity index (χ2v) is 3.11. The summed E-state index contributed by atoms with van der Waals surface area (Å²) < 4.78 is 4.96. The first kappa shape index (κ1) is 8.29. The fourth-order valence-corrected chi connectivity index (χ4v) is 1.73. The molecule has 0 unspecified atom stereocenters. The summed E-state index contributed by atoms with van der Waals surface area (Å²) in [5.74, 6) is -0.283. The molecule has 1 heterocycles. The third kappa shape index (κ3) is 1.32. The zero-order valence-corrected chi connectivity index (χ0v) is 7.54. The first-order valence-corrected chi connectivity index (χ1v) is 4.51. The Balaban J connectivity index is 2.16. The van der Waals surface area contributed by atoms with Crippen LogP contribution in [0.4, 0.5) is 0 Å². The number of H-pyrrole nitrogens is 1. The fraction of sp³-hybridized carbons (Fsp3) is 0.556. The predicted molar refractivity (Wildman–Crippen MR) is 46.3 cm³/mol. The second-order valence-electron chi connectivity index (χ2n) is 3.11. The van der Waals surface area contributed by atoms with E-state index in [2.05, 4.69) is 9.97 Å². The number of carbonyl (C=O) groups is 1. The predicted octanol–water partition coefficient (Wildman–Crippen LogP) is 1.00. The van der Waals surface area contributed by atoms with Gasteiger partial charge in [-0.1, -0.05) is 0 Å². The van der Waals surface area contributed by atoms with Gasteiger partial charge in [0, 0.05) is 5.69 Å². The van der Waals surface area contributed by atoms with Crippen molar-refractivity contribution in [2.24, 2.45) is 0 Å². The Morgan fingerprint density at radius 2 is 2.69 bits per heavy atom. The average molecular weight is 180 g/mol. The minimum Gasteiger partial charge on any atom is -0.465 e. The summed E-state index contributed by atoms with van der Waals surface area (Å²) in [6.45, 7) is 2.26. The van der Waals surface area contributed by atoms with E-state index in [0.29, 0.717) is 6.61 Å². The average Bonchev–Trinajstić information content (AvgIpc) is 2.62. The van der Waals surface area contributed by atoms with Gasteiger partial charge in [-0.15, -0.1) is 0 Å². The zero-order chi connectivity index (χ0) is 9.26. The van der Waals surface area contributed by atoms with Crippen molar-refractivity contribution in [3.63, 3.8) is 0 Å². The summed E-state index contributed by atoms with van der Waals surface area (Å²) in [7, 11) is 0. The Hall–Kier alpha value is -1.32. The van der Waals surface area contributed by atoms with E-state index in [1.165, 1.54) is 0 Å². The van der Waals surface area contributed by atoms with Crippen LogP contribution in [0.5, 0.6) is 0 Å². The Labute approximate surface area is 76.3 Å². The molecule has 4 nitrogen and oxygen atoms in total. The van der Waals surface area contributed by atoms with Crippen molar-refractivity contribution in [3.8, 4) is 0 Å². The van der Waals surface area contributed by atoms with Gasteiger partial charge < -0.3 is 9.72 Å². The van der Waals surface area contributed by atoms with Gasteiger partial charge in [-0.05, 0) is 19.8 Å². The summed E-state index contributed by atoms with van der Waals surface area (Å²) in [6, 6.07) is 0. The van der Waals surface area contributed by atoms with Gasteiger partial charge in [0.25, 0.3) is 0 Å². The maximum atomic E-state index is 11.4. The number of aryl methyl sites for hydroxylation is 1. The molecular formula is C9H12N2O2. The van der Waals surface area contributed by atoms with Crippen LogP contribution in [0.25, 0.3) is 0 Å². The number of carbonyl (C=O) groups excluding carboxylic acids is 1. The van der Waals surface area contributed by atoms with E-state index in [0.717, 1.165) is 24.2 Å². The molecule has 0 spiro atoms. The molecule has 0 aliphatic heterocycles. The lowest BCUT2D eigenvalue weighted by Gasteiger charge is -2.06. The molecule has 2 rings (SSSR count). The lowest BCUT2D eigenvalue weighted by Crippen LogP contribution is -2.13. The van der Waals surface area contributed by atoms with Gasteiger partial charge in [-0.25, -0.2) is 4.98 Å². The highest BCUT2D eigenvalue weighted by Gasteiger charge is 2.31. The van der Waals surface area contributed by atoms with Crippen molar-refractivity contribution in [1.82, 2.24) is 9.97 Å². The number of ether oxygens (including phenoxy) is 1. The number of imidazole rings is 1. The van der Waals surface area contributed by atoms with E-state index in [1.807, 2.05) is 6.92 Å². The standard InChI is InChI=1S/C9H12N2O2/c1-2-13-9(12)6-3-4-7-8(6)11-5-10-7/h5-6H,2-4H2,1H3,(H,10,11)/t6-/m1/s1. The van der Waals surface area contributed by atoms with Gasteiger partial charge in [-0.3, -0.25) is 4.79 Å². The Morgan fingerprint density at radius 1 is 1.85 bits per heavy atom. The van der Waals surface area contributed by atoms with E-state index in [-0.39, 0.29) is 11.9 Å². The molecule has 0 saturated carbocycles. The van der Waals surface area contributed by atoms with E-state index >= 15 is 0 Å². The third-order valence-electron chi connectivity index (χ3n) is 2.34. The highest BCUT2D eigenvalue weighted by Crippen LogP contribution is 2.31. The van der Waals surface area contributed by atoms with Crippen molar-refractivity contribution >= 4 is 5.97 Å². The molecule has 0 bridgehead atoms. The van der Waals surface area contributed by atoms with Crippen LogP contribution >= 0.6 is 0 Å². The summed E-state index contributed by atoms with van der Waals surface area (Å²) in [5, 5.41) is 0. The lowest BCUT2D eigenvalue weighted by molar-refractivity contribution is -0.145. The molecule has 1 aromatic rings. The van der Waals surface area contributed by atoms with Gasteiger partial charge in [0.1, 0.15) is 5.92 Å². The molecule has 1 N–H and O–H groups in total. The number of hydrogen-bond acceptors (Lipinski definition) is 3. The number of nitrogens with zero attached hydrogens (tertiary/aromatic N) is 1. The van der Waals surface area contributed by atoms with Crippen molar-refractivity contribution in [2.45, 2.75) is 25.7 Å². The molecule has 0 amide bonds. The maximum absolute atomic E-state index is 11.4. The summed E-state index contributed by atoms with van der Waals surface area (Å²) in [4.78, 5) is 18.6. The van der Waals surface area contributed by atoms with Crippen LogP contribution in [-0.4, -0.2) is 22.5 Å². The largest absolute Gasteiger partial charge is 0.465 e. The number of nitrogens with one attached hydrogen (secondary N) is 1. The SMILES string of the molecule is CCOC(=O)[C@@H]1CCc2[nH]cnc21. The molecule has 1 atom stereocenters. The minimum absolute atomic E-state index is 0.138. The Bertz CT molecular complexity index is 319. The second kappa shape index (κ2) is 3.20. The van der Waals surface area contributed by atoms with Gasteiger partial charge in [0.15, 0.2) is 0 Å². The molecule has 1 aliphatic carbocycles. The number of esters is 1.